The summed E-state index contributed by atoms with van der Waals surface area (Å²) in [5, 5.41) is 3.50. The van der Waals surface area contributed by atoms with Gasteiger partial charge in [-0.3, -0.25) is 0 Å². The van der Waals surface area contributed by atoms with Crippen molar-refractivity contribution in [2.75, 3.05) is 7.11 Å². The Morgan fingerprint density at radius 2 is 2.39 bits per heavy atom. The first-order valence-electron chi connectivity index (χ1n) is 5.22. The second-order valence-corrected chi connectivity index (χ2v) is 3.70. The molecule has 0 aliphatic rings. The first-order chi connectivity index (χ1) is 8.67. The van der Waals surface area contributed by atoms with Gasteiger partial charge < -0.3 is 9.30 Å². The summed E-state index contributed by atoms with van der Waals surface area (Å²) in [6.07, 6.45) is 0. The number of benzene rings is 1. The summed E-state index contributed by atoms with van der Waals surface area (Å²) in [4.78, 5) is 18.4. The molecule has 1 aromatic carbocycles. The third-order valence-electron chi connectivity index (χ3n) is 2.63. The summed E-state index contributed by atoms with van der Waals surface area (Å²) in [5.41, 5.74) is 10.6. The van der Waals surface area contributed by atoms with E-state index in [4.69, 9.17) is 5.53 Å². The third kappa shape index (κ3) is 1.99. The minimum absolute atomic E-state index is 0.244. The van der Waals surface area contributed by atoms with Gasteiger partial charge in [-0.1, -0.05) is 11.2 Å². The van der Waals surface area contributed by atoms with Gasteiger partial charge in [0.25, 0.3) is 0 Å². The second-order valence-electron chi connectivity index (χ2n) is 3.70. The molecule has 18 heavy (non-hydrogen) atoms. The number of azide groups is 1. The van der Waals surface area contributed by atoms with Crippen LogP contribution in [0.2, 0.25) is 0 Å². The highest BCUT2D eigenvalue weighted by atomic mass is 16.5. The van der Waals surface area contributed by atoms with E-state index in [1.165, 1.54) is 7.11 Å². The van der Waals surface area contributed by atoms with Gasteiger partial charge in [0.1, 0.15) is 0 Å². The number of rotatable bonds is 3. The molecule has 0 saturated carbocycles. The minimum atomic E-state index is -0.481. The van der Waals surface area contributed by atoms with Gasteiger partial charge in [0.05, 0.1) is 24.7 Å². The molecular formula is C11H11N5O2. The first-order valence-corrected chi connectivity index (χ1v) is 5.22. The van der Waals surface area contributed by atoms with Crippen LogP contribution in [0.3, 0.4) is 0 Å². The van der Waals surface area contributed by atoms with Crippen molar-refractivity contribution in [2.24, 2.45) is 12.2 Å². The molecule has 7 nitrogen and oxygen atoms in total. The molecule has 0 aliphatic carbocycles. The predicted molar refractivity (Wildman–Crippen MR) is 64.9 cm³/mol. The average Bonchev–Trinajstić information content (AvgIpc) is 2.73. The number of imidazole rings is 1. The molecule has 0 spiro atoms. The largest absolute Gasteiger partial charge is 0.463 e. The smallest absolute Gasteiger partial charge is 0.374 e. The molecule has 2 aromatic rings. The highest BCUT2D eigenvalue weighted by molar-refractivity contribution is 5.91. The number of ether oxygens (including phenoxy) is 1. The zero-order valence-electron chi connectivity index (χ0n) is 9.99. The number of nitrogens with zero attached hydrogens (tertiary/aromatic N) is 5. The normalized spacial score (nSPS) is 10.1. The Morgan fingerprint density at radius 3 is 3.06 bits per heavy atom. The average molecular weight is 245 g/mol. The molecule has 0 fully saturated rings. The Kier molecular flexibility index (Phi) is 3.16. The molecule has 0 bridgehead atoms. The van der Waals surface area contributed by atoms with Gasteiger partial charge in [-0.15, -0.1) is 0 Å². The van der Waals surface area contributed by atoms with E-state index >= 15 is 0 Å². The fourth-order valence-electron chi connectivity index (χ4n) is 1.72. The standard InChI is InChI=1S/C11H11N5O2/c1-16-9-5-7(6-13-15-12)3-4-8(9)14-10(16)11(17)18-2/h3-5H,6H2,1-2H3. The Morgan fingerprint density at radius 1 is 1.61 bits per heavy atom. The first kappa shape index (κ1) is 11.9. The molecule has 2 rings (SSSR count). The van der Waals surface area contributed by atoms with Gasteiger partial charge in [0, 0.05) is 12.0 Å². The van der Waals surface area contributed by atoms with Crippen LogP contribution in [-0.4, -0.2) is 22.6 Å². The van der Waals surface area contributed by atoms with Crippen LogP contribution in [-0.2, 0) is 18.3 Å². The van der Waals surface area contributed by atoms with E-state index < -0.39 is 5.97 Å². The topological polar surface area (TPSA) is 92.9 Å². The number of hydrogen-bond donors (Lipinski definition) is 0. The lowest BCUT2D eigenvalue weighted by atomic mass is 10.2. The molecule has 0 amide bonds. The zero-order chi connectivity index (χ0) is 13.1. The fraction of sp³-hybridized carbons (Fsp3) is 0.273. The van der Waals surface area contributed by atoms with Crippen LogP contribution in [0.4, 0.5) is 0 Å². The van der Waals surface area contributed by atoms with Crippen molar-refractivity contribution in [1.82, 2.24) is 9.55 Å². The molecule has 1 aromatic heterocycles. The summed E-state index contributed by atoms with van der Waals surface area (Å²) in [6.45, 7) is 0.269. The van der Waals surface area contributed by atoms with Gasteiger partial charge in [0.15, 0.2) is 0 Å². The number of carbonyl (C=O) groups excluding carboxylic acids is 1. The van der Waals surface area contributed by atoms with Gasteiger partial charge in [-0.25, -0.2) is 9.78 Å². The van der Waals surface area contributed by atoms with Crippen molar-refractivity contribution in [3.05, 3.63) is 40.0 Å². The highest BCUT2D eigenvalue weighted by Crippen LogP contribution is 2.18. The van der Waals surface area contributed by atoms with Crippen LogP contribution in [0, 0.1) is 0 Å². The van der Waals surface area contributed by atoms with E-state index in [1.807, 2.05) is 12.1 Å². The van der Waals surface area contributed by atoms with E-state index in [-0.39, 0.29) is 12.4 Å². The second kappa shape index (κ2) is 4.77. The summed E-state index contributed by atoms with van der Waals surface area (Å²) in [7, 11) is 3.05. The molecule has 0 saturated heterocycles. The Balaban J connectivity index is 2.52. The number of esters is 1. The van der Waals surface area contributed by atoms with Crippen LogP contribution in [0.5, 0.6) is 0 Å². The SMILES string of the molecule is COC(=O)c1nc2ccc(CN=[N+]=[N-])cc2n1C. The van der Waals surface area contributed by atoms with Crippen LogP contribution in [0.25, 0.3) is 21.5 Å². The highest BCUT2D eigenvalue weighted by Gasteiger charge is 2.15. The Labute approximate surface area is 103 Å². The molecule has 0 radical (unpaired) electrons. The maximum atomic E-state index is 11.5. The lowest BCUT2D eigenvalue weighted by Gasteiger charge is -2.00. The predicted octanol–water partition coefficient (Wildman–Crippen LogP) is 2.17. The number of aromatic nitrogens is 2. The Bertz CT molecular complexity index is 655. The molecular weight excluding hydrogens is 234 g/mol. The van der Waals surface area contributed by atoms with Crippen molar-refractivity contribution >= 4 is 17.0 Å². The van der Waals surface area contributed by atoms with E-state index in [0.29, 0.717) is 5.52 Å². The summed E-state index contributed by atoms with van der Waals surface area (Å²) in [5.74, 6) is -0.237. The van der Waals surface area contributed by atoms with Crippen LogP contribution in [0.1, 0.15) is 16.2 Å². The quantitative estimate of drug-likeness (QED) is 0.359. The zero-order valence-corrected chi connectivity index (χ0v) is 9.99. The summed E-state index contributed by atoms with van der Waals surface area (Å²) < 4.78 is 6.31. The monoisotopic (exact) mass is 245 g/mol. The van der Waals surface area contributed by atoms with E-state index in [1.54, 1.807) is 17.7 Å². The van der Waals surface area contributed by atoms with E-state index in [0.717, 1.165) is 11.1 Å². The number of hydrogen-bond acceptors (Lipinski definition) is 4. The summed E-state index contributed by atoms with van der Waals surface area (Å²) in [6, 6.07) is 5.43. The summed E-state index contributed by atoms with van der Waals surface area (Å²) >= 11 is 0. The van der Waals surface area contributed by atoms with Crippen LogP contribution >= 0.6 is 0 Å². The van der Waals surface area contributed by atoms with Crippen molar-refractivity contribution < 1.29 is 9.53 Å². The molecule has 0 unspecified atom stereocenters. The molecule has 0 N–H and O–H groups in total. The minimum Gasteiger partial charge on any atom is -0.463 e. The van der Waals surface area contributed by atoms with Crippen molar-refractivity contribution in [3.63, 3.8) is 0 Å². The third-order valence-corrected chi connectivity index (χ3v) is 2.63. The Hall–Kier alpha value is -2.53. The van der Waals surface area contributed by atoms with Crippen molar-refractivity contribution in [1.29, 1.82) is 0 Å². The molecule has 92 valence electrons. The molecule has 0 atom stereocenters. The van der Waals surface area contributed by atoms with E-state index in [9.17, 15) is 4.79 Å². The number of methoxy groups -OCH3 is 1. The van der Waals surface area contributed by atoms with Crippen molar-refractivity contribution in [3.8, 4) is 0 Å². The van der Waals surface area contributed by atoms with E-state index in [2.05, 4.69) is 19.7 Å². The van der Waals surface area contributed by atoms with Gasteiger partial charge in [-0.05, 0) is 23.2 Å². The van der Waals surface area contributed by atoms with Gasteiger partial charge in [0.2, 0.25) is 5.82 Å². The maximum Gasteiger partial charge on any atom is 0.374 e. The molecule has 1 heterocycles. The van der Waals surface area contributed by atoms with Crippen LogP contribution in [0.15, 0.2) is 23.3 Å². The fourth-order valence-corrected chi connectivity index (χ4v) is 1.72. The van der Waals surface area contributed by atoms with Crippen molar-refractivity contribution in [2.45, 2.75) is 6.54 Å². The number of aryl methyl sites for hydroxylation is 1. The molecule has 0 aliphatic heterocycles. The van der Waals surface area contributed by atoms with Gasteiger partial charge >= 0.3 is 5.97 Å². The van der Waals surface area contributed by atoms with Gasteiger partial charge in [-0.2, -0.15) is 0 Å². The number of fused-ring (bicyclic) bond motifs is 1. The lowest BCUT2D eigenvalue weighted by Crippen LogP contribution is -2.08. The lowest BCUT2D eigenvalue weighted by molar-refractivity contribution is 0.0583. The molecule has 7 heteroatoms. The maximum absolute atomic E-state index is 11.5. The number of carbonyl (C=O) groups is 1. The van der Waals surface area contributed by atoms with Crippen LogP contribution < -0.4 is 0 Å².